The van der Waals surface area contributed by atoms with Gasteiger partial charge in [-0.2, -0.15) is 0 Å². The third kappa shape index (κ3) is 3.14. The lowest BCUT2D eigenvalue weighted by Crippen LogP contribution is -2.31. The highest BCUT2D eigenvalue weighted by Crippen LogP contribution is 2.24. The minimum absolute atomic E-state index is 0.326. The fraction of sp³-hybridized carbons (Fsp3) is 0.500. The molecule has 0 saturated carbocycles. The van der Waals surface area contributed by atoms with Gasteiger partial charge in [-0.25, -0.2) is 4.68 Å². The van der Waals surface area contributed by atoms with Gasteiger partial charge < -0.3 is 10.5 Å². The van der Waals surface area contributed by atoms with Crippen molar-refractivity contribution in [3.63, 3.8) is 0 Å². The molecule has 1 aromatic carbocycles. The van der Waals surface area contributed by atoms with E-state index in [1.807, 2.05) is 45.9 Å². The molecule has 2 rings (SSSR count). The van der Waals surface area contributed by atoms with E-state index in [9.17, 15) is 0 Å². The van der Waals surface area contributed by atoms with Gasteiger partial charge in [-0.15, -0.1) is 5.10 Å². The fourth-order valence-corrected chi connectivity index (χ4v) is 2.18. The normalized spacial score (nSPS) is 11.8. The summed E-state index contributed by atoms with van der Waals surface area (Å²) in [5.41, 5.74) is 8.26. The van der Waals surface area contributed by atoms with E-state index in [2.05, 4.69) is 15.5 Å². The third-order valence-electron chi connectivity index (χ3n) is 3.10. The molecule has 0 unspecified atom stereocenters. The lowest BCUT2D eigenvalue weighted by molar-refractivity contribution is -0.0246. The van der Waals surface area contributed by atoms with Crippen molar-refractivity contribution >= 4 is 5.69 Å². The summed E-state index contributed by atoms with van der Waals surface area (Å²) in [6.45, 7) is 9.27. The van der Waals surface area contributed by atoms with Crippen LogP contribution >= 0.6 is 0 Å². The second-order valence-corrected chi connectivity index (χ2v) is 5.43. The zero-order chi connectivity index (χ0) is 14.8. The van der Waals surface area contributed by atoms with E-state index in [1.165, 1.54) is 0 Å². The van der Waals surface area contributed by atoms with E-state index in [-0.39, 0.29) is 5.60 Å². The number of nitrogens with two attached hydrogens (primary N) is 1. The zero-order valence-electron chi connectivity index (χ0n) is 12.4. The van der Waals surface area contributed by atoms with Crippen LogP contribution in [0.25, 0.3) is 11.4 Å². The van der Waals surface area contributed by atoms with Gasteiger partial charge in [-0.1, -0.05) is 6.07 Å². The molecule has 0 bridgehead atoms. The van der Waals surface area contributed by atoms with Crippen LogP contribution < -0.4 is 5.73 Å². The second kappa shape index (κ2) is 5.58. The molecular weight excluding hydrogens is 254 g/mol. The standard InChI is InChI=1S/C14H21N5O/c1-5-20-14(3,4)9-19-13(16-17-18-19)12-8-11(15)7-6-10(12)2/h6-8H,5,9,15H2,1-4H3. The smallest absolute Gasteiger partial charge is 0.182 e. The molecule has 108 valence electrons. The van der Waals surface area contributed by atoms with E-state index in [0.717, 1.165) is 11.1 Å². The monoisotopic (exact) mass is 275 g/mol. The largest absolute Gasteiger partial charge is 0.399 e. The summed E-state index contributed by atoms with van der Waals surface area (Å²) >= 11 is 0. The number of rotatable bonds is 5. The van der Waals surface area contributed by atoms with Gasteiger partial charge in [0.25, 0.3) is 0 Å². The van der Waals surface area contributed by atoms with Crippen LogP contribution in [0.3, 0.4) is 0 Å². The second-order valence-electron chi connectivity index (χ2n) is 5.43. The number of nitrogen functional groups attached to an aromatic ring is 1. The molecule has 0 aliphatic carbocycles. The zero-order valence-corrected chi connectivity index (χ0v) is 12.4. The third-order valence-corrected chi connectivity index (χ3v) is 3.10. The quantitative estimate of drug-likeness (QED) is 0.845. The van der Waals surface area contributed by atoms with Gasteiger partial charge in [-0.3, -0.25) is 0 Å². The minimum Gasteiger partial charge on any atom is -0.399 e. The van der Waals surface area contributed by atoms with Gasteiger partial charge in [0.05, 0.1) is 12.1 Å². The van der Waals surface area contributed by atoms with Crippen molar-refractivity contribution in [2.75, 3.05) is 12.3 Å². The van der Waals surface area contributed by atoms with Crippen LogP contribution in [0.1, 0.15) is 26.3 Å². The van der Waals surface area contributed by atoms with Crippen LogP contribution in [0.5, 0.6) is 0 Å². The number of benzene rings is 1. The average Bonchev–Trinajstić information content (AvgIpc) is 2.79. The van der Waals surface area contributed by atoms with Gasteiger partial charge >= 0.3 is 0 Å². The molecule has 2 aromatic rings. The first-order chi connectivity index (χ1) is 9.43. The van der Waals surface area contributed by atoms with E-state index in [4.69, 9.17) is 10.5 Å². The topological polar surface area (TPSA) is 78.8 Å². The van der Waals surface area contributed by atoms with Crippen LogP contribution in [0.2, 0.25) is 0 Å². The molecule has 1 heterocycles. The van der Waals surface area contributed by atoms with Gasteiger partial charge in [-0.05, 0) is 55.8 Å². The molecule has 0 fully saturated rings. The Bertz CT molecular complexity index is 591. The molecule has 20 heavy (non-hydrogen) atoms. The number of anilines is 1. The number of tetrazole rings is 1. The predicted octanol–water partition coefficient (Wildman–Crippen LogP) is 2.05. The van der Waals surface area contributed by atoms with E-state index >= 15 is 0 Å². The van der Waals surface area contributed by atoms with Gasteiger partial charge in [0.2, 0.25) is 0 Å². The lowest BCUT2D eigenvalue weighted by Gasteiger charge is -2.24. The first-order valence-corrected chi connectivity index (χ1v) is 6.69. The molecule has 0 saturated heterocycles. The predicted molar refractivity (Wildman–Crippen MR) is 78.1 cm³/mol. The molecule has 0 aliphatic rings. The van der Waals surface area contributed by atoms with Crippen molar-refractivity contribution in [2.45, 2.75) is 39.8 Å². The maximum absolute atomic E-state index is 5.86. The Morgan fingerprint density at radius 2 is 2.10 bits per heavy atom. The number of ether oxygens (including phenoxy) is 1. The lowest BCUT2D eigenvalue weighted by atomic mass is 10.1. The number of aryl methyl sites for hydroxylation is 1. The SMILES string of the molecule is CCOC(C)(C)Cn1nnnc1-c1cc(N)ccc1C. The molecule has 0 amide bonds. The maximum atomic E-state index is 5.86. The Labute approximate surface area is 118 Å². The Morgan fingerprint density at radius 1 is 1.35 bits per heavy atom. The van der Waals surface area contributed by atoms with Crippen LogP contribution in [-0.2, 0) is 11.3 Å². The molecule has 0 aliphatic heterocycles. The first kappa shape index (κ1) is 14.5. The summed E-state index contributed by atoms with van der Waals surface area (Å²) in [7, 11) is 0. The summed E-state index contributed by atoms with van der Waals surface area (Å²) < 4.78 is 7.47. The average molecular weight is 275 g/mol. The highest BCUT2D eigenvalue weighted by Gasteiger charge is 2.22. The Kier molecular flexibility index (Phi) is 4.04. The summed E-state index contributed by atoms with van der Waals surface area (Å²) in [4.78, 5) is 0. The summed E-state index contributed by atoms with van der Waals surface area (Å²) in [5.74, 6) is 0.711. The van der Waals surface area contributed by atoms with Crippen molar-refractivity contribution < 1.29 is 4.74 Å². The number of hydrogen-bond acceptors (Lipinski definition) is 5. The van der Waals surface area contributed by atoms with Crippen LogP contribution in [0.15, 0.2) is 18.2 Å². The van der Waals surface area contributed by atoms with Crippen LogP contribution in [0.4, 0.5) is 5.69 Å². The molecule has 6 nitrogen and oxygen atoms in total. The first-order valence-electron chi connectivity index (χ1n) is 6.69. The van der Waals surface area contributed by atoms with Crippen molar-refractivity contribution in [2.24, 2.45) is 0 Å². The van der Waals surface area contributed by atoms with Crippen LogP contribution in [0, 0.1) is 6.92 Å². The molecule has 0 spiro atoms. The number of aromatic nitrogens is 4. The Morgan fingerprint density at radius 3 is 2.80 bits per heavy atom. The summed E-state index contributed by atoms with van der Waals surface area (Å²) in [6, 6.07) is 5.74. The Balaban J connectivity index is 2.36. The summed E-state index contributed by atoms with van der Waals surface area (Å²) in [6.07, 6.45) is 0. The molecule has 0 radical (unpaired) electrons. The van der Waals surface area contributed by atoms with E-state index in [1.54, 1.807) is 4.68 Å². The highest BCUT2D eigenvalue weighted by atomic mass is 16.5. The van der Waals surface area contributed by atoms with Gasteiger partial charge in [0, 0.05) is 17.9 Å². The van der Waals surface area contributed by atoms with Gasteiger partial charge in [0.1, 0.15) is 0 Å². The molecule has 6 heteroatoms. The van der Waals surface area contributed by atoms with Crippen molar-refractivity contribution in [1.29, 1.82) is 0 Å². The highest BCUT2D eigenvalue weighted by molar-refractivity contribution is 5.65. The molecule has 2 N–H and O–H groups in total. The van der Waals surface area contributed by atoms with Gasteiger partial charge in [0.15, 0.2) is 5.82 Å². The number of hydrogen-bond donors (Lipinski definition) is 1. The maximum Gasteiger partial charge on any atom is 0.182 e. The fourth-order valence-electron chi connectivity index (χ4n) is 2.18. The van der Waals surface area contributed by atoms with E-state index in [0.29, 0.717) is 24.7 Å². The van der Waals surface area contributed by atoms with E-state index < -0.39 is 0 Å². The van der Waals surface area contributed by atoms with Crippen molar-refractivity contribution in [3.05, 3.63) is 23.8 Å². The molecule has 1 aromatic heterocycles. The summed E-state index contributed by atoms with van der Waals surface area (Å²) in [5, 5.41) is 12.0. The molecular formula is C14H21N5O. The molecule has 0 atom stereocenters. The van der Waals surface area contributed by atoms with Crippen molar-refractivity contribution in [3.8, 4) is 11.4 Å². The van der Waals surface area contributed by atoms with Crippen LogP contribution in [-0.4, -0.2) is 32.4 Å². The Hall–Kier alpha value is -1.95. The minimum atomic E-state index is -0.326. The van der Waals surface area contributed by atoms with Crippen molar-refractivity contribution in [1.82, 2.24) is 20.2 Å². The number of nitrogens with zero attached hydrogens (tertiary/aromatic N) is 4.